The molecule has 4 bridgehead atoms. The topological polar surface area (TPSA) is 107 Å². The molecule has 33 heavy (non-hydrogen) atoms. The Morgan fingerprint density at radius 2 is 1.67 bits per heavy atom. The predicted molar refractivity (Wildman–Crippen MR) is 123 cm³/mol. The minimum Gasteiger partial charge on any atom is -0.496 e. The smallest absolute Gasteiger partial charge is 0.323 e. The Hall–Kier alpha value is -3.14. The summed E-state index contributed by atoms with van der Waals surface area (Å²) in [6.45, 7) is 0.165. The Bertz CT molecular complexity index is 996. The number of ether oxygens (including phenoxy) is 4. The molecule has 1 aliphatic heterocycles. The molecule has 2 aromatic carbocycles. The maximum absolute atomic E-state index is 13.0. The lowest BCUT2D eigenvalue weighted by molar-refractivity contribution is -0.144. The average Bonchev–Trinajstić information content (AvgIpc) is 2.85. The second kappa shape index (κ2) is 11.1. The van der Waals surface area contributed by atoms with E-state index in [1.54, 1.807) is 21.3 Å². The summed E-state index contributed by atoms with van der Waals surface area (Å²) in [5, 5.41) is 9.09. The van der Waals surface area contributed by atoms with Crippen molar-refractivity contribution in [1.82, 2.24) is 16.0 Å². The lowest BCUT2D eigenvalue weighted by atomic mass is 9.94. The van der Waals surface area contributed by atoms with Gasteiger partial charge in [-0.2, -0.15) is 0 Å². The van der Waals surface area contributed by atoms with Gasteiger partial charge in [0, 0.05) is 18.2 Å². The van der Waals surface area contributed by atoms with Gasteiger partial charge in [0.25, 0.3) is 0 Å². The van der Waals surface area contributed by atoms with E-state index in [9.17, 15) is 9.59 Å². The first-order valence-corrected chi connectivity index (χ1v) is 10.6. The SMILES string of the molecule is CN[C@@H]1C(=O)NCC(OC)N[C@H](C(=O)OC)Cc2ccc(OC)c(c2)-c2cc1ccc2OC. The fourth-order valence-corrected chi connectivity index (χ4v) is 3.98. The molecular formula is C24H31N3O6. The molecule has 3 atom stereocenters. The fraction of sp³-hybridized carbons (Fsp3) is 0.417. The quantitative estimate of drug-likeness (QED) is 0.579. The van der Waals surface area contributed by atoms with Crippen LogP contribution in [0, 0.1) is 0 Å². The molecule has 1 unspecified atom stereocenters. The number of hydrogen-bond donors (Lipinski definition) is 3. The Kier molecular flexibility index (Phi) is 8.26. The summed E-state index contributed by atoms with van der Waals surface area (Å²) in [5.74, 6) is 0.619. The number of amides is 1. The van der Waals surface area contributed by atoms with Crippen LogP contribution in [-0.2, 0) is 25.5 Å². The number of hydrogen-bond acceptors (Lipinski definition) is 8. The highest BCUT2D eigenvalue weighted by Crippen LogP contribution is 2.39. The van der Waals surface area contributed by atoms with E-state index in [0.29, 0.717) is 17.9 Å². The molecule has 1 amide bonds. The number of likely N-dealkylation sites (N-methyl/N-ethyl adjacent to an activating group) is 1. The van der Waals surface area contributed by atoms with Crippen LogP contribution in [0.1, 0.15) is 17.2 Å². The summed E-state index contributed by atoms with van der Waals surface area (Å²) in [6, 6.07) is 10.0. The van der Waals surface area contributed by atoms with Gasteiger partial charge in [-0.3, -0.25) is 14.9 Å². The molecule has 0 fully saturated rings. The summed E-state index contributed by atoms with van der Waals surface area (Å²) >= 11 is 0. The molecule has 3 rings (SSSR count). The second-order valence-corrected chi connectivity index (χ2v) is 7.63. The Morgan fingerprint density at radius 1 is 1.00 bits per heavy atom. The van der Waals surface area contributed by atoms with Gasteiger partial charge in [-0.25, -0.2) is 0 Å². The van der Waals surface area contributed by atoms with Gasteiger partial charge in [-0.15, -0.1) is 0 Å². The molecule has 1 aliphatic rings. The second-order valence-electron chi connectivity index (χ2n) is 7.63. The highest BCUT2D eigenvalue weighted by Gasteiger charge is 2.27. The zero-order chi connectivity index (χ0) is 24.0. The average molecular weight is 458 g/mol. The maximum Gasteiger partial charge on any atom is 0.323 e. The largest absolute Gasteiger partial charge is 0.496 e. The Morgan fingerprint density at radius 3 is 2.27 bits per heavy atom. The van der Waals surface area contributed by atoms with Gasteiger partial charge in [-0.1, -0.05) is 12.1 Å². The number of benzene rings is 2. The zero-order valence-electron chi connectivity index (χ0n) is 19.6. The normalized spacial score (nSPS) is 20.9. The van der Waals surface area contributed by atoms with Crippen LogP contribution in [0.2, 0.25) is 0 Å². The lowest BCUT2D eigenvalue weighted by Gasteiger charge is -2.26. The van der Waals surface area contributed by atoms with E-state index in [1.165, 1.54) is 14.2 Å². The van der Waals surface area contributed by atoms with Crippen molar-refractivity contribution in [3.63, 3.8) is 0 Å². The Balaban J connectivity index is 2.20. The molecule has 9 nitrogen and oxygen atoms in total. The van der Waals surface area contributed by atoms with Crippen molar-refractivity contribution in [2.45, 2.75) is 24.7 Å². The maximum atomic E-state index is 13.0. The highest BCUT2D eigenvalue weighted by molar-refractivity contribution is 5.85. The summed E-state index contributed by atoms with van der Waals surface area (Å²) in [4.78, 5) is 25.5. The van der Waals surface area contributed by atoms with E-state index < -0.39 is 24.3 Å². The van der Waals surface area contributed by atoms with Crippen LogP contribution < -0.4 is 25.4 Å². The predicted octanol–water partition coefficient (Wildman–Crippen LogP) is 1.41. The van der Waals surface area contributed by atoms with Crippen LogP contribution in [0.25, 0.3) is 11.1 Å². The first-order chi connectivity index (χ1) is 15.9. The first-order valence-electron chi connectivity index (χ1n) is 10.6. The third-order valence-corrected chi connectivity index (χ3v) is 5.72. The third kappa shape index (κ3) is 5.44. The molecule has 2 aromatic rings. The van der Waals surface area contributed by atoms with E-state index in [4.69, 9.17) is 18.9 Å². The number of nitrogens with one attached hydrogen (secondary N) is 3. The molecule has 0 saturated heterocycles. The van der Waals surface area contributed by atoms with Gasteiger partial charge < -0.3 is 29.6 Å². The van der Waals surface area contributed by atoms with Crippen LogP contribution >= 0.6 is 0 Å². The van der Waals surface area contributed by atoms with E-state index >= 15 is 0 Å². The van der Waals surface area contributed by atoms with Gasteiger partial charge in [0.1, 0.15) is 29.8 Å². The van der Waals surface area contributed by atoms with Crippen molar-refractivity contribution in [3.8, 4) is 22.6 Å². The van der Waals surface area contributed by atoms with E-state index in [0.717, 1.165) is 22.3 Å². The monoisotopic (exact) mass is 457 g/mol. The molecular weight excluding hydrogens is 426 g/mol. The van der Waals surface area contributed by atoms with Crippen molar-refractivity contribution in [1.29, 1.82) is 0 Å². The number of fused-ring (bicyclic) bond motifs is 5. The molecule has 0 spiro atoms. The lowest BCUT2D eigenvalue weighted by Crippen LogP contribution is -2.51. The van der Waals surface area contributed by atoms with Gasteiger partial charge >= 0.3 is 5.97 Å². The Labute approximate surface area is 193 Å². The van der Waals surface area contributed by atoms with Gasteiger partial charge in [-0.05, 0) is 48.9 Å². The van der Waals surface area contributed by atoms with Gasteiger partial charge in [0.05, 0.1) is 27.9 Å². The van der Waals surface area contributed by atoms with E-state index in [-0.39, 0.29) is 12.5 Å². The fourth-order valence-electron chi connectivity index (χ4n) is 3.98. The number of methoxy groups -OCH3 is 4. The standard InChI is InChI=1S/C24H31N3O6/c1-25-22-15-7-9-20(31-3)17(12-15)16-10-14(6-8-19(16)30-2)11-18(24(29)33-5)27-21(32-4)13-26-23(22)28/h6-10,12,18,21-22,25,27H,11,13H2,1-5H3,(H,26,28)/t18-,21?,22-/m0/s1. The summed E-state index contributed by atoms with van der Waals surface area (Å²) in [5.41, 5.74) is 3.22. The molecule has 0 saturated carbocycles. The molecule has 1 heterocycles. The summed E-state index contributed by atoms with van der Waals surface area (Å²) in [6.07, 6.45) is -0.249. The van der Waals surface area contributed by atoms with Crippen molar-refractivity contribution in [2.75, 3.05) is 42.0 Å². The third-order valence-electron chi connectivity index (χ3n) is 5.72. The van der Waals surface area contributed by atoms with Crippen LogP contribution in [0.4, 0.5) is 0 Å². The summed E-state index contributed by atoms with van der Waals surface area (Å²) in [7, 11) is 7.76. The van der Waals surface area contributed by atoms with E-state index in [1.807, 2.05) is 36.4 Å². The number of rotatable bonds is 5. The van der Waals surface area contributed by atoms with Crippen LogP contribution in [0.3, 0.4) is 0 Å². The number of carbonyl (C=O) groups is 2. The van der Waals surface area contributed by atoms with Gasteiger partial charge in [0.15, 0.2) is 0 Å². The zero-order valence-corrected chi connectivity index (χ0v) is 19.6. The molecule has 3 N–H and O–H groups in total. The van der Waals surface area contributed by atoms with Crippen molar-refractivity contribution < 1.29 is 28.5 Å². The van der Waals surface area contributed by atoms with Crippen LogP contribution in [0.15, 0.2) is 36.4 Å². The number of esters is 1. The van der Waals surface area contributed by atoms with Gasteiger partial charge in [0.2, 0.25) is 5.91 Å². The molecule has 9 heteroatoms. The number of carbonyl (C=O) groups excluding carboxylic acids is 2. The minimum atomic E-state index is -0.686. The minimum absolute atomic E-state index is 0.165. The van der Waals surface area contributed by atoms with Crippen molar-refractivity contribution >= 4 is 11.9 Å². The van der Waals surface area contributed by atoms with Crippen molar-refractivity contribution in [2.24, 2.45) is 0 Å². The van der Waals surface area contributed by atoms with E-state index in [2.05, 4.69) is 16.0 Å². The van der Waals surface area contributed by atoms with Crippen LogP contribution in [0.5, 0.6) is 11.5 Å². The summed E-state index contributed by atoms with van der Waals surface area (Å²) < 4.78 is 21.7. The van der Waals surface area contributed by atoms with Crippen molar-refractivity contribution in [3.05, 3.63) is 47.5 Å². The molecule has 0 radical (unpaired) electrons. The molecule has 0 aliphatic carbocycles. The van der Waals surface area contributed by atoms with Crippen LogP contribution in [-0.4, -0.2) is 66.2 Å². The first kappa shape index (κ1) is 24.5. The highest BCUT2D eigenvalue weighted by atomic mass is 16.5. The molecule has 0 aromatic heterocycles. The molecule has 178 valence electrons.